The van der Waals surface area contributed by atoms with Crippen LogP contribution in [0.5, 0.6) is 0 Å². The van der Waals surface area contributed by atoms with E-state index in [2.05, 4.69) is 48.5 Å². The Labute approximate surface area is 358 Å². The number of ether oxygens (including phenoxy) is 2. The highest BCUT2D eigenvalue weighted by atomic mass is 16.6. The first-order valence-electron chi connectivity index (χ1n) is 26.2. The average molecular weight is 817 g/mol. The molecule has 10 saturated carbocycles. The van der Waals surface area contributed by atoms with E-state index in [0.717, 1.165) is 127 Å². The molecule has 0 aromatic carbocycles. The van der Waals surface area contributed by atoms with Crippen molar-refractivity contribution in [3.05, 3.63) is 0 Å². The quantitative estimate of drug-likeness (QED) is 0.221. The molecule has 332 valence electrons. The average Bonchev–Trinajstić information content (AvgIpc) is 4.09. The number of cyclic esters (lactones) is 1. The summed E-state index contributed by atoms with van der Waals surface area (Å²) < 4.78 is 11.6. The summed E-state index contributed by atoms with van der Waals surface area (Å²) in [5.74, 6) is 15.7. The molecular formula is C53H84O6. The van der Waals surface area contributed by atoms with E-state index >= 15 is 0 Å². The number of carboxylic acid groups (broad SMARTS) is 1. The summed E-state index contributed by atoms with van der Waals surface area (Å²) in [5.41, 5.74) is -0.107. The van der Waals surface area contributed by atoms with E-state index in [4.69, 9.17) is 9.47 Å². The van der Waals surface area contributed by atoms with Crippen molar-refractivity contribution in [2.24, 2.45) is 130 Å². The Morgan fingerprint density at radius 3 is 1.47 bits per heavy atom. The van der Waals surface area contributed by atoms with E-state index in [0.29, 0.717) is 29.6 Å². The van der Waals surface area contributed by atoms with Crippen LogP contribution in [0.1, 0.15) is 170 Å². The third-order valence-electron chi connectivity index (χ3n) is 21.7. The zero-order valence-electron chi connectivity index (χ0n) is 38.3. The van der Waals surface area contributed by atoms with E-state index in [1.54, 1.807) is 0 Å². The fraction of sp³-hybridized carbons (Fsp3) is 0.943. The smallest absolute Gasteiger partial charge is 0.309 e. The van der Waals surface area contributed by atoms with Gasteiger partial charge in [-0.25, -0.2) is 0 Å². The molecule has 10 aliphatic carbocycles. The van der Waals surface area contributed by atoms with Crippen molar-refractivity contribution < 1.29 is 29.0 Å². The van der Waals surface area contributed by atoms with Crippen molar-refractivity contribution in [2.75, 3.05) is 6.61 Å². The van der Waals surface area contributed by atoms with Gasteiger partial charge in [-0.3, -0.25) is 14.4 Å². The van der Waals surface area contributed by atoms with Gasteiger partial charge in [-0.15, -0.1) is 0 Å². The Hall–Kier alpha value is -1.59. The fourth-order valence-electron chi connectivity index (χ4n) is 19.6. The molecule has 22 unspecified atom stereocenters. The lowest BCUT2D eigenvalue weighted by Gasteiger charge is -2.37. The number of carbonyl (C=O) groups excluding carboxylic acids is 2. The van der Waals surface area contributed by atoms with Crippen molar-refractivity contribution in [3.63, 3.8) is 0 Å². The minimum absolute atomic E-state index is 0.00842. The van der Waals surface area contributed by atoms with Gasteiger partial charge in [0.15, 0.2) is 0 Å². The molecular weight excluding hydrogens is 733 g/mol. The maximum absolute atomic E-state index is 13.1. The molecule has 6 bridgehead atoms. The third-order valence-corrected chi connectivity index (χ3v) is 21.7. The van der Waals surface area contributed by atoms with Crippen LogP contribution in [-0.4, -0.2) is 35.2 Å². The third kappa shape index (κ3) is 6.83. The van der Waals surface area contributed by atoms with Crippen LogP contribution in [-0.2, 0) is 23.9 Å². The second-order valence-electron chi connectivity index (χ2n) is 23.1. The van der Waals surface area contributed by atoms with E-state index in [1.807, 2.05) is 0 Å². The Kier molecular flexibility index (Phi) is 12.2. The molecule has 11 rings (SSSR count). The molecule has 1 saturated heterocycles. The van der Waals surface area contributed by atoms with Gasteiger partial charge in [0.1, 0.15) is 5.60 Å². The van der Waals surface area contributed by atoms with Gasteiger partial charge in [-0.05, 0) is 190 Å². The SMILES string of the molecule is CCC1CC(CC)C2C3CC(C4COC(=O)C43)C12.CCC1CC(CC)C2C3CC(CC3C(=O)O)C12.CCC1CC(CC)C2C3CC(CC3C(=O)OC3(CC)CCCC3)C12. The lowest BCUT2D eigenvalue weighted by Crippen LogP contribution is -2.39. The minimum Gasteiger partial charge on any atom is -0.481 e. The molecule has 11 aliphatic rings. The normalized spacial score (nSPS) is 50.7. The van der Waals surface area contributed by atoms with Crippen LogP contribution in [0.3, 0.4) is 0 Å². The summed E-state index contributed by atoms with van der Waals surface area (Å²) in [7, 11) is 0. The van der Waals surface area contributed by atoms with Crippen LogP contribution in [0, 0.1) is 130 Å². The van der Waals surface area contributed by atoms with Crippen LogP contribution in [0.15, 0.2) is 0 Å². The Morgan fingerprint density at radius 2 is 1.00 bits per heavy atom. The van der Waals surface area contributed by atoms with Crippen LogP contribution < -0.4 is 0 Å². The Bertz CT molecular complexity index is 1530. The largest absolute Gasteiger partial charge is 0.481 e. The molecule has 1 N–H and O–H groups in total. The zero-order valence-corrected chi connectivity index (χ0v) is 38.3. The van der Waals surface area contributed by atoms with Crippen molar-refractivity contribution >= 4 is 17.9 Å². The Balaban J connectivity index is 0.000000116. The highest BCUT2D eigenvalue weighted by Crippen LogP contribution is 2.70. The zero-order chi connectivity index (χ0) is 41.5. The monoisotopic (exact) mass is 817 g/mol. The van der Waals surface area contributed by atoms with E-state index in [1.165, 1.54) is 89.9 Å². The molecule has 6 nitrogen and oxygen atoms in total. The molecule has 0 aromatic rings. The van der Waals surface area contributed by atoms with Gasteiger partial charge in [0.25, 0.3) is 0 Å². The predicted octanol–water partition coefficient (Wildman–Crippen LogP) is 12.1. The second-order valence-corrected chi connectivity index (χ2v) is 23.1. The second kappa shape index (κ2) is 16.8. The van der Waals surface area contributed by atoms with Gasteiger partial charge < -0.3 is 14.6 Å². The van der Waals surface area contributed by atoms with Crippen molar-refractivity contribution in [2.45, 2.75) is 176 Å². The summed E-state index contributed by atoms with van der Waals surface area (Å²) >= 11 is 0. The number of fused-ring (bicyclic) bond motifs is 18. The molecule has 0 aromatic heterocycles. The number of carbonyl (C=O) groups is 3. The molecule has 0 radical (unpaired) electrons. The van der Waals surface area contributed by atoms with Crippen LogP contribution in [0.2, 0.25) is 0 Å². The Morgan fingerprint density at radius 1 is 0.559 bits per heavy atom. The van der Waals surface area contributed by atoms with Gasteiger partial charge in [-0.1, -0.05) is 87.0 Å². The summed E-state index contributed by atoms with van der Waals surface area (Å²) in [4.78, 5) is 36.4. The molecule has 11 fully saturated rings. The van der Waals surface area contributed by atoms with E-state index in [9.17, 15) is 19.5 Å². The highest BCUT2D eigenvalue weighted by molar-refractivity contribution is 5.76. The van der Waals surface area contributed by atoms with Crippen LogP contribution >= 0.6 is 0 Å². The van der Waals surface area contributed by atoms with Gasteiger partial charge in [0, 0.05) is 5.92 Å². The maximum Gasteiger partial charge on any atom is 0.309 e. The minimum atomic E-state index is -0.522. The van der Waals surface area contributed by atoms with Crippen LogP contribution in [0.25, 0.3) is 0 Å². The molecule has 0 amide bonds. The lowest BCUT2D eigenvalue weighted by molar-refractivity contribution is -0.168. The van der Waals surface area contributed by atoms with Gasteiger partial charge in [0.2, 0.25) is 0 Å². The van der Waals surface area contributed by atoms with Crippen molar-refractivity contribution in [1.82, 2.24) is 0 Å². The van der Waals surface area contributed by atoms with Crippen molar-refractivity contribution in [3.8, 4) is 0 Å². The number of aliphatic carboxylic acids is 1. The molecule has 0 spiro atoms. The summed E-state index contributed by atoms with van der Waals surface area (Å²) in [6.45, 7) is 17.0. The van der Waals surface area contributed by atoms with E-state index in [-0.39, 0.29) is 29.4 Å². The van der Waals surface area contributed by atoms with Crippen molar-refractivity contribution in [1.29, 1.82) is 0 Å². The summed E-state index contributed by atoms with van der Waals surface area (Å²) in [6.07, 6.45) is 23.8. The topological polar surface area (TPSA) is 89.9 Å². The number of hydrogen-bond acceptors (Lipinski definition) is 5. The number of rotatable bonds is 10. The number of hydrogen-bond donors (Lipinski definition) is 1. The predicted molar refractivity (Wildman–Crippen MR) is 232 cm³/mol. The number of carboxylic acids is 1. The maximum atomic E-state index is 13.1. The summed E-state index contributed by atoms with van der Waals surface area (Å²) in [6, 6.07) is 0. The van der Waals surface area contributed by atoms with Gasteiger partial charge in [-0.2, -0.15) is 0 Å². The van der Waals surface area contributed by atoms with Crippen LogP contribution in [0.4, 0.5) is 0 Å². The summed E-state index contributed by atoms with van der Waals surface area (Å²) in [5, 5.41) is 9.34. The standard InChI is InChI=1S/C22H36O2.C16H24O2.C15H24O2/c1-4-14-11-15(5-2)20-17-12-16(19(14)20)13-18(17)21(23)24-22(6-3)9-7-8-10-22;1-3-8-5-9(4-2)14-11-6-10(13(8)14)12-7-18-16(17)15(11)12;1-3-8-5-9(4-2)14-11-6-10(13(8)14)7-12(11)15(16)17/h14-20H,4-13H2,1-3H3;8-15H,3-7H2,1-2H3;8-14H,3-7H2,1-2H3,(H,16,17). The van der Waals surface area contributed by atoms with Gasteiger partial charge >= 0.3 is 17.9 Å². The first-order chi connectivity index (χ1) is 28.5. The molecule has 1 heterocycles. The first-order valence-corrected chi connectivity index (χ1v) is 26.2. The highest BCUT2D eigenvalue weighted by Gasteiger charge is 2.67. The van der Waals surface area contributed by atoms with Gasteiger partial charge in [0.05, 0.1) is 24.4 Å². The molecule has 6 heteroatoms. The number of esters is 2. The van der Waals surface area contributed by atoms with E-state index < -0.39 is 5.97 Å². The molecule has 1 aliphatic heterocycles. The fourth-order valence-corrected chi connectivity index (χ4v) is 19.6. The molecule has 59 heavy (non-hydrogen) atoms. The lowest BCUT2D eigenvalue weighted by atomic mass is 9.67. The molecule has 22 atom stereocenters. The first kappa shape index (κ1) is 42.7.